The Morgan fingerprint density at radius 1 is 1.23 bits per heavy atom. The van der Waals surface area contributed by atoms with Crippen LogP contribution >= 0.6 is 11.3 Å². The molecule has 1 unspecified atom stereocenters. The molecule has 0 spiro atoms. The number of ether oxygens (including phenoxy) is 1. The topological polar surface area (TPSA) is 113 Å². The number of nitrogens with zero attached hydrogens (tertiary/aromatic N) is 3. The Bertz CT molecular complexity index is 1070. The number of carbonyl (C=O) groups is 3. The zero-order valence-corrected chi connectivity index (χ0v) is 17.2. The standard InChI is InChI=1S/C21H19N3O6S/c25-18(24(20-22-10-12-31-20)17-9-8-16(30-17)19(26)27)15-7-4-11-23(15)21(28)29-13-14-5-2-1-3-6-14/h1-3,5-6,8-10,12,15H,4,7,11,13H2,(H,26,27). The van der Waals surface area contributed by atoms with Gasteiger partial charge in [0.2, 0.25) is 11.6 Å². The van der Waals surface area contributed by atoms with Gasteiger partial charge in [0.1, 0.15) is 12.6 Å². The van der Waals surface area contributed by atoms with E-state index in [-0.39, 0.29) is 18.3 Å². The first-order valence-corrected chi connectivity index (χ1v) is 10.5. The zero-order chi connectivity index (χ0) is 21.8. The van der Waals surface area contributed by atoms with Crippen LogP contribution in [-0.4, -0.2) is 45.5 Å². The van der Waals surface area contributed by atoms with E-state index in [2.05, 4.69) is 4.98 Å². The van der Waals surface area contributed by atoms with E-state index in [9.17, 15) is 14.4 Å². The second-order valence-electron chi connectivity index (χ2n) is 6.82. The summed E-state index contributed by atoms with van der Waals surface area (Å²) in [6.45, 7) is 0.488. The predicted molar refractivity (Wildman–Crippen MR) is 111 cm³/mol. The molecule has 0 aliphatic carbocycles. The van der Waals surface area contributed by atoms with E-state index in [1.807, 2.05) is 30.3 Å². The van der Waals surface area contributed by atoms with Gasteiger partial charge in [0.15, 0.2) is 5.13 Å². The first-order valence-electron chi connectivity index (χ1n) is 9.58. The molecule has 0 bridgehead atoms. The SMILES string of the molecule is O=C(O)c1ccc(N(C(=O)C2CCCN2C(=O)OCc2ccccc2)c2nccs2)o1. The molecular weight excluding hydrogens is 422 g/mol. The first-order chi connectivity index (χ1) is 15.0. The van der Waals surface area contributed by atoms with Gasteiger partial charge in [-0.1, -0.05) is 30.3 Å². The molecule has 2 aromatic heterocycles. The number of carbonyl (C=O) groups excluding carboxylic acids is 2. The first kappa shape index (κ1) is 20.6. The molecular formula is C21H19N3O6S. The van der Waals surface area contributed by atoms with E-state index in [1.165, 1.54) is 39.5 Å². The summed E-state index contributed by atoms with van der Waals surface area (Å²) in [5, 5.41) is 11.2. The van der Waals surface area contributed by atoms with E-state index >= 15 is 0 Å². The smallest absolute Gasteiger partial charge is 0.410 e. The summed E-state index contributed by atoms with van der Waals surface area (Å²) >= 11 is 1.20. The maximum absolute atomic E-state index is 13.4. The second-order valence-corrected chi connectivity index (χ2v) is 7.70. The van der Waals surface area contributed by atoms with Crippen molar-refractivity contribution in [2.75, 3.05) is 11.4 Å². The van der Waals surface area contributed by atoms with Crippen LogP contribution in [-0.2, 0) is 16.1 Å². The van der Waals surface area contributed by atoms with Crippen LogP contribution < -0.4 is 4.90 Å². The normalized spacial score (nSPS) is 15.6. The number of anilines is 2. The number of furan rings is 1. The van der Waals surface area contributed by atoms with Crippen molar-refractivity contribution in [3.05, 3.63) is 65.4 Å². The van der Waals surface area contributed by atoms with E-state index < -0.39 is 24.0 Å². The summed E-state index contributed by atoms with van der Waals surface area (Å²) < 4.78 is 10.8. The summed E-state index contributed by atoms with van der Waals surface area (Å²) in [6.07, 6.45) is 2.04. The summed E-state index contributed by atoms with van der Waals surface area (Å²) in [6, 6.07) is 11.2. The van der Waals surface area contributed by atoms with Crippen LogP contribution in [0.3, 0.4) is 0 Å². The highest BCUT2D eigenvalue weighted by Gasteiger charge is 2.40. The molecule has 1 aliphatic heterocycles. The van der Waals surface area contributed by atoms with Gasteiger partial charge in [-0.3, -0.25) is 9.69 Å². The van der Waals surface area contributed by atoms with Gasteiger partial charge in [0.05, 0.1) is 0 Å². The molecule has 1 aromatic carbocycles. The summed E-state index contributed by atoms with van der Waals surface area (Å²) in [5.41, 5.74) is 0.846. The van der Waals surface area contributed by atoms with Gasteiger partial charge >= 0.3 is 12.1 Å². The maximum Gasteiger partial charge on any atom is 0.410 e. The third-order valence-electron chi connectivity index (χ3n) is 4.83. The predicted octanol–water partition coefficient (Wildman–Crippen LogP) is 3.90. The molecule has 3 heterocycles. The number of aromatic carboxylic acids is 1. The van der Waals surface area contributed by atoms with Crippen molar-refractivity contribution in [3.8, 4) is 0 Å². The molecule has 0 radical (unpaired) electrons. The number of aromatic nitrogens is 1. The number of thiazole rings is 1. The number of benzene rings is 1. The molecule has 1 N–H and O–H groups in total. The third-order valence-corrected chi connectivity index (χ3v) is 5.59. The fraction of sp³-hybridized carbons (Fsp3) is 0.238. The Kier molecular flexibility index (Phi) is 5.99. The third kappa shape index (κ3) is 4.43. The lowest BCUT2D eigenvalue weighted by Crippen LogP contribution is -2.46. The Balaban J connectivity index is 1.54. The molecule has 4 rings (SSSR count). The van der Waals surface area contributed by atoms with Crippen molar-refractivity contribution >= 4 is 40.3 Å². The zero-order valence-electron chi connectivity index (χ0n) is 16.3. The molecule has 31 heavy (non-hydrogen) atoms. The van der Waals surface area contributed by atoms with E-state index in [4.69, 9.17) is 14.3 Å². The maximum atomic E-state index is 13.4. The fourth-order valence-electron chi connectivity index (χ4n) is 3.38. The van der Waals surface area contributed by atoms with Crippen LogP contribution in [0.5, 0.6) is 0 Å². The second kappa shape index (κ2) is 9.00. The molecule has 2 amide bonds. The molecule has 10 heteroatoms. The monoisotopic (exact) mass is 441 g/mol. The highest BCUT2D eigenvalue weighted by atomic mass is 32.1. The van der Waals surface area contributed by atoms with Crippen LogP contribution in [0, 0.1) is 0 Å². The Morgan fingerprint density at radius 3 is 2.71 bits per heavy atom. The minimum atomic E-state index is -1.25. The van der Waals surface area contributed by atoms with Gasteiger partial charge in [-0.05, 0) is 24.5 Å². The number of likely N-dealkylation sites (tertiary alicyclic amines) is 1. The van der Waals surface area contributed by atoms with Gasteiger partial charge in [-0.25, -0.2) is 19.5 Å². The lowest BCUT2D eigenvalue weighted by molar-refractivity contribution is -0.122. The Hall–Kier alpha value is -3.66. The molecule has 3 aromatic rings. The van der Waals surface area contributed by atoms with Gasteiger partial charge in [-0.2, -0.15) is 0 Å². The van der Waals surface area contributed by atoms with E-state index in [0.717, 1.165) is 5.56 Å². The molecule has 1 aliphatic rings. The molecule has 1 saturated heterocycles. The van der Waals surface area contributed by atoms with Crippen LogP contribution in [0.2, 0.25) is 0 Å². The van der Waals surface area contributed by atoms with Gasteiger partial charge in [0, 0.05) is 24.2 Å². The lowest BCUT2D eigenvalue weighted by Gasteiger charge is -2.27. The molecule has 1 atom stereocenters. The molecule has 0 saturated carbocycles. The lowest BCUT2D eigenvalue weighted by atomic mass is 10.2. The van der Waals surface area contributed by atoms with Crippen LogP contribution in [0.15, 0.2) is 58.5 Å². The van der Waals surface area contributed by atoms with Crippen molar-refractivity contribution < 1.29 is 28.6 Å². The summed E-state index contributed by atoms with van der Waals surface area (Å²) in [5.74, 6) is -1.95. The average Bonchev–Trinajstić information content (AvgIpc) is 3.54. The van der Waals surface area contributed by atoms with Crippen molar-refractivity contribution in [3.63, 3.8) is 0 Å². The molecule has 1 fully saturated rings. The number of hydrogen-bond acceptors (Lipinski definition) is 7. The fourth-order valence-corrected chi connectivity index (χ4v) is 4.03. The Labute approximate surface area is 181 Å². The molecule has 160 valence electrons. The summed E-state index contributed by atoms with van der Waals surface area (Å²) in [7, 11) is 0. The minimum Gasteiger partial charge on any atom is -0.475 e. The molecule has 9 nitrogen and oxygen atoms in total. The van der Waals surface area contributed by atoms with E-state index in [0.29, 0.717) is 24.5 Å². The quantitative estimate of drug-likeness (QED) is 0.617. The van der Waals surface area contributed by atoms with E-state index in [1.54, 1.807) is 5.38 Å². The number of carboxylic acids is 1. The number of hydrogen-bond donors (Lipinski definition) is 1. The Morgan fingerprint density at radius 2 is 2.03 bits per heavy atom. The van der Waals surface area contributed by atoms with Crippen LogP contribution in [0.25, 0.3) is 0 Å². The largest absolute Gasteiger partial charge is 0.475 e. The van der Waals surface area contributed by atoms with Crippen molar-refractivity contribution in [1.82, 2.24) is 9.88 Å². The summed E-state index contributed by atoms with van der Waals surface area (Å²) in [4.78, 5) is 44.1. The highest BCUT2D eigenvalue weighted by Crippen LogP contribution is 2.32. The van der Waals surface area contributed by atoms with Crippen molar-refractivity contribution in [1.29, 1.82) is 0 Å². The van der Waals surface area contributed by atoms with Gasteiger partial charge in [0.25, 0.3) is 5.91 Å². The minimum absolute atomic E-state index is 0.0295. The number of rotatable bonds is 6. The van der Waals surface area contributed by atoms with Crippen LogP contribution in [0.4, 0.5) is 15.8 Å². The van der Waals surface area contributed by atoms with Gasteiger partial charge < -0.3 is 14.3 Å². The van der Waals surface area contributed by atoms with Gasteiger partial charge in [-0.15, -0.1) is 11.3 Å². The number of amides is 2. The van der Waals surface area contributed by atoms with Crippen molar-refractivity contribution in [2.45, 2.75) is 25.5 Å². The van der Waals surface area contributed by atoms with Crippen LogP contribution in [0.1, 0.15) is 29.0 Å². The average molecular weight is 441 g/mol. The highest BCUT2D eigenvalue weighted by molar-refractivity contribution is 7.13. The van der Waals surface area contributed by atoms with Crippen molar-refractivity contribution in [2.24, 2.45) is 0 Å². The number of carboxylic acid groups (broad SMARTS) is 1.